The Labute approximate surface area is 140 Å². The van der Waals surface area contributed by atoms with Crippen molar-refractivity contribution < 1.29 is 14.3 Å². The first kappa shape index (κ1) is 17.0. The van der Waals surface area contributed by atoms with E-state index in [1.807, 2.05) is 6.92 Å². The number of Topliss-reactive ketones (excluding diaryl/α,β-unsaturated/α-hetero) is 1. The van der Waals surface area contributed by atoms with Crippen molar-refractivity contribution in [2.75, 3.05) is 5.32 Å². The molecule has 0 spiro atoms. The molecule has 23 heavy (non-hydrogen) atoms. The summed E-state index contributed by atoms with van der Waals surface area (Å²) in [5, 5.41) is 3.38. The molecule has 1 amide bonds. The summed E-state index contributed by atoms with van der Waals surface area (Å²) in [5.41, 5.74) is 1.12. The second-order valence-corrected chi connectivity index (χ2v) is 5.53. The smallest absolute Gasteiger partial charge is 0.265 e. The number of hydrogen-bond acceptors (Lipinski definition) is 3. The number of benzene rings is 2. The zero-order valence-corrected chi connectivity index (χ0v) is 13.8. The molecule has 0 fully saturated rings. The Balaban J connectivity index is 2.06. The minimum absolute atomic E-state index is 0.0504. The Morgan fingerprint density at radius 3 is 2.48 bits per heavy atom. The van der Waals surface area contributed by atoms with Crippen molar-refractivity contribution >= 4 is 29.0 Å². The molecule has 0 bridgehead atoms. The summed E-state index contributed by atoms with van der Waals surface area (Å²) in [6, 6.07) is 13.7. The monoisotopic (exact) mass is 331 g/mol. The molecule has 4 nitrogen and oxygen atoms in total. The fourth-order valence-electron chi connectivity index (χ4n) is 2.04. The molecule has 1 atom stereocenters. The van der Waals surface area contributed by atoms with Crippen LogP contribution in [0.1, 0.15) is 30.6 Å². The lowest BCUT2D eigenvalue weighted by molar-refractivity contribution is -0.122. The van der Waals surface area contributed by atoms with Crippen molar-refractivity contribution in [1.82, 2.24) is 0 Å². The number of ether oxygens (including phenoxy) is 1. The number of hydrogen-bond donors (Lipinski definition) is 1. The molecule has 5 heteroatoms. The van der Waals surface area contributed by atoms with Crippen LogP contribution in [0.5, 0.6) is 5.75 Å². The van der Waals surface area contributed by atoms with Crippen molar-refractivity contribution in [3.63, 3.8) is 0 Å². The molecular weight excluding hydrogens is 314 g/mol. The SMILES string of the molecule is CC[C@@H](Oc1ccc(Cl)cc1)C(=O)Nc1cccc(C(C)=O)c1. The van der Waals surface area contributed by atoms with Gasteiger partial charge in [-0.3, -0.25) is 9.59 Å². The molecule has 1 N–H and O–H groups in total. The summed E-state index contributed by atoms with van der Waals surface area (Å²) in [7, 11) is 0. The molecule has 0 saturated carbocycles. The molecule has 0 unspecified atom stereocenters. The van der Waals surface area contributed by atoms with Gasteiger partial charge in [0.05, 0.1) is 0 Å². The maximum Gasteiger partial charge on any atom is 0.265 e. The van der Waals surface area contributed by atoms with E-state index in [0.29, 0.717) is 28.4 Å². The molecule has 120 valence electrons. The van der Waals surface area contributed by atoms with Crippen molar-refractivity contribution in [3.8, 4) is 5.75 Å². The topological polar surface area (TPSA) is 55.4 Å². The van der Waals surface area contributed by atoms with Crippen LogP contribution in [0.2, 0.25) is 5.02 Å². The molecule has 2 aromatic carbocycles. The Kier molecular flexibility index (Phi) is 5.77. The van der Waals surface area contributed by atoms with E-state index in [2.05, 4.69) is 5.32 Å². The maximum absolute atomic E-state index is 12.3. The Hall–Kier alpha value is -2.33. The average molecular weight is 332 g/mol. The molecule has 0 aliphatic carbocycles. The first-order valence-corrected chi connectivity index (χ1v) is 7.71. The molecule has 0 heterocycles. The van der Waals surface area contributed by atoms with Gasteiger partial charge in [-0.1, -0.05) is 30.7 Å². The fourth-order valence-corrected chi connectivity index (χ4v) is 2.16. The fraction of sp³-hybridized carbons (Fsp3) is 0.222. The van der Waals surface area contributed by atoms with Gasteiger partial charge in [0.15, 0.2) is 11.9 Å². The van der Waals surface area contributed by atoms with Gasteiger partial charge in [-0.2, -0.15) is 0 Å². The molecule has 0 radical (unpaired) electrons. The van der Waals surface area contributed by atoms with Gasteiger partial charge in [-0.05, 0) is 49.7 Å². The summed E-state index contributed by atoms with van der Waals surface area (Å²) < 4.78 is 5.69. The second kappa shape index (κ2) is 7.79. The first-order chi connectivity index (χ1) is 11.0. The Morgan fingerprint density at radius 1 is 1.17 bits per heavy atom. The van der Waals surface area contributed by atoms with Crippen LogP contribution in [0.3, 0.4) is 0 Å². The lowest BCUT2D eigenvalue weighted by Crippen LogP contribution is -2.32. The van der Waals surface area contributed by atoms with Crippen LogP contribution in [-0.4, -0.2) is 17.8 Å². The molecule has 0 aromatic heterocycles. The quantitative estimate of drug-likeness (QED) is 0.801. The Bertz CT molecular complexity index is 698. The van der Waals surface area contributed by atoms with Crippen molar-refractivity contribution in [1.29, 1.82) is 0 Å². The maximum atomic E-state index is 12.3. The van der Waals surface area contributed by atoms with E-state index in [1.165, 1.54) is 6.92 Å². The third-order valence-electron chi connectivity index (χ3n) is 3.29. The predicted molar refractivity (Wildman–Crippen MR) is 91.2 cm³/mol. The van der Waals surface area contributed by atoms with Crippen molar-refractivity contribution in [3.05, 3.63) is 59.1 Å². The summed E-state index contributed by atoms with van der Waals surface area (Å²) in [5.74, 6) is 0.266. The largest absolute Gasteiger partial charge is 0.481 e. The normalized spacial score (nSPS) is 11.6. The highest BCUT2D eigenvalue weighted by atomic mass is 35.5. The number of ketones is 1. The predicted octanol–water partition coefficient (Wildman–Crippen LogP) is 4.34. The first-order valence-electron chi connectivity index (χ1n) is 7.33. The molecule has 0 saturated heterocycles. The molecule has 2 aromatic rings. The van der Waals surface area contributed by atoms with Gasteiger partial charge in [-0.15, -0.1) is 0 Å². The van der Waals surface area contributed by atoms with Gasteiger partial charge < -0.3 is 10.1 Å². The highest BCUT2D eigenvalue weighted by molar-refractivity contribution is 6.30. The van der Waals surface area contributed by atoms with E-state index in [1.54, 1.807) is 48.5 Å². The van der Waals surface area contributed by atoms with E-state index in [-0.39, 0.29) is 11.7 Å². The number of carbonyl (C=O) groups excluding carboxylic acids is 2. The van der Waals surface area contributed by atoms with Crippen LogP contribution in [0.4, 0.5) is 5.69 Å². The second-order valence-electron chi connectivity index (χ2n) is 5.09. The lowest BCUT2D eigenvalue weighted by atomic mass is 10.1. The van der Waals surface area contributed by atoms with Crippen LogP contribution >= 0.6 is 11.6 Å². The third-order valence-corrected chi connectivity index (χ3v) is 3.54. The summed E-state index contributed by atoms with van der Waals surface area (Å²) >= 11 is 5.83. The third kappa shape index (κ3) is 4.83. The molecule has 0 aliphatic rings. The molecule has 2 rings (SSSR count). The van der Waals surface area contributed by atoms with Crippen LogP contribution in [0.25, 0.3) is 0 Å². The number of nitrogens with one attached hydrogen (secondary N) is 1. The minimum Gasteiger partial charge on any atom is -0.481 e. The van der Waals surface area contributed by atoms with Gasteiger partial charge >= 0.3 is 0 Å². The molecule has 0 aliphatic heterocycles. The van der Waals surface area contributed by atoms with E-state index in [4.69, 9.17) is 16.3 Å². The number of anilines is 1. The van der Waals surface area contributed by atoms with Gasteiger partial charge in [0.1, 0.15) is 5.75 Å². The number of carbonyl (C=O) groups is 2. The van der Waals surface area contributed by atoms with Gasteiger partial charge in [0.2, 0.25) is 0 Å². The zero-order chi connectivity index (χ0) is 16.8. The van der Waals surface area contributed by atoms with Gasteiger partial charge in [-0.25, -0.2) is 0 Å². The van der Waals surface area contributed by atoms with E-state index in [9.17, 15) is 9.59 Å². The van der Waals surface area contributed by atoms with Crippen molar-refractivity contribution in [2.45, 2.75) is 26.4 Å². The highest BCUT2D eigenvalue weighted by Crippen LogP contribution is 2.19. The summed E-state index contributed by atoms with van der Waals surface area (Å²) in [6.07, 6.45) is -0.113. The lowest BCUT2D eigenvalue weighted by Gasteiger charge is -2.17. The zero-order valence-electron chi connectivity index (χ0n) is 13.0. The van der Waals surface area contributed by atoms with Gasteiger partial charge in [0, 0.05) is 16.3 Å². The van der Waals surface area contributed by atoms with E-state index in [0.717, 1.165) is 0 Å². The minimum atomic E-state index is -0.628. The van der Waals surface area contributed by atoms with Crippen LogP contribution < -0.4 is 10.1 Å². The van der Waals surface area contributed by atoms with Crippen molar-refractivity contribution in [2.24, 2.45) is 0 Å². The Morgan fingerprint density at radius 2 is 1.87 bits per heavy atom. The van der Waals surface area contributed by atoms with E-state index < -0.39 is 6.10 Å². The standard InChI is InChI=1S/C18H18ClNO3/c1-3-17(23-16-9-7-14(19)8-10-16)18(22)20-15-6-4-5-13(11-15)12(2)21/h4-11,17H,3H2,1-2H3,(H,20,22)/t17-/m1/s1. The number of rotatable bonds is 6. The number of halogens is 1. The summed E-state index contributed by atoms with van der Waals surface area (Å²) in [6.45, 7) is 3.35. The summed E-state index contributed by atoms with van der Waals surface area (Å²) in [4.78, 5) is 23.7. The molecular formula is C18H18ClNO3. The van der Waals surface area contributed by atoms with Crippen LogP contribution in [0, 0.1) is 0 Å². The van der Waals surface area contributed by atoms with Gasteiger partial charge in [0.25, 0.3) is 5.91 Å². The highest BCUT2D eigenvalue weighted by Gasteiger charge is 2.18. The van der Waals surface area contributed by atoms with Crippen LogP contribution in [-0.2, 0) is 4.79 Å². The van der Waals surface area contributed by atoms with E-state index >= 15 is 0 Å². The number of amides is 1. The van der Waals surface area contributed by atoms with Crippen LogP contribution in [0.15, 0.2) is 48.5 Å². The average Bonchev–Trinajstić information content (AvgIpc) is 2.54.